The molecule has 0 atom stereocenters. The van der Waals surface area contributed by atoms with Crippen molar-refractivity contribution in [2.24, 2.45) is 0 Å². The van der Waals surface area contributed by atoms with Crippen LogP contribution in [0.25, 0.3) is 10.8 Å². The number of ketones is 1. The number of carbonyl (C=O) groups excluding carboxylic acids is 1. The van der Waals surface area contributed by atoms with Gasteiger partial charge in [0.05, 0.1) is 5.02 Å². The number of halogens is 2. The molecule has 0 aliphatic carbocycles. The zero-order chi connectivity index (χ0) is 19.7. The molecule has 0 bridgehead atoms. The Morgan fingerprint density at radius 2 is 1.68 bits per heavy atom. The Bertz CT molecular complexity index is 1210. The summed E-state index contributed by atoms with van der Waals surface area (Å²) in [4.78, 5) is 17.3. The maximum atomic E-state index is 12.8. The minimum Gasteiger partial charge on any atom is -0.340 e. The number of benzene rings is 3. The third-order valence-electron chi connectivity index (χ3n) is 4.61. The standard InChI is InChI=1S/C23H16BrClN2O/c1-14-6-2-3-7-16(14)22(28)19-11-10-15(12-21(19)25)27-23-18-9-5-4-8-17(18)20(24)13-26-23/h2-13H,1H3,(H,26,27). The number of aromatic nitrogens is 1. The van der Waals surface area contributed by atoms with Gasteiger partial charge in [-0.1, -0.05) is 60.1 Å². The van der Waals surface area contributed by atoms with Gasteiger partial charge in [0.2, 0.25) is 0 Å². The first-order valence-corrected chi connectivity index (χ1v) is 9.92. The molecule has 0 saturated carbocycles. The number of hydrogen-bond donors (Lipinski definition) is 1. The molecule has 138 valence electrons. The highest BCUT2D eigenvalue weighted by molar-refractivity contribution is 9.10. The van der Waals surface area contributed by atoms with E-state index in [9.17, 15) is 4.79 Å². The quantitative estimate of drug-likeness (QED) is 0.342. The fourth-order valence-corrected chi connectivity index (χ4v) is 3.86. The van der Waals surface area contributed by atoms with Crippen LogP contribution in [0.1, 0.15) is 21.5 Å². The first kappa shape index (κ1) is 18.7. The van der Waals surface area contributed by atoms with Gasteiger partial charge < -0.3 is 5.32 Å². The van der Waals surface area contributed by atoms with Crippen molar-refractivity contribution >= 4 is 55.6 Å². The minimum atomic E-state index is -0.0816. The van der Waals surface area contributed by atoms with Crippen LogP contribution in [-0.4, -0.2) is 10.8 Å². The Morgan fingerprint density at radius 1 is 0.964 bits per heavy atom. The predicted molar refractivity (Wildman–Crippen MR) is 119 cm³/mol. The van der Waals surface area contributed by atoms with Gasteiger partial charge in [0.1, 0.15) is 5.82 Å². The topological polar surface area (TPSA) is 42.0 Å². The molecule has 4 aromatic rings. The summed E-state index contributed by atoms with van der Waals surface area (Å²) < 4.78 is 0.936. The second-order valence-corrected chi connectivity index (χ2v) is 7.73. The second-order valence-electron chi connectivity index (χ2n) is 6.46. The number of nitrogens with zero attached hydrogens (tertiary/aromatic N) is 1. The van der Waals surface area contributed by atoms with Crippen LogP contribution in [0, 0.1) is 6.92 Å². The fourth-order valence-electron chi connectivity index (χ4n) is 3.14. The molecule has 3 aromatic carbocycles. The lowest BCUT2D eigenvalue weighted by Gasteiger charge is -2.12. The van der Waals surface area contributed by atoms with E-state index in [-0.39, 0.29) is 5.78 Å². The molecule has 0 unspecified atom stereocenters. The van der Waals surface area contributed by atoms with Crippen molar-refractivity contribution in [1.82, 2.24) is 4.98 Å². The number of hydrogen-bond acceptors (Lipinski definition) is 3. The van der Waals surface area contributed by atoms with Crippen LogP contribution in [0.4, 0.5) is 11.5 Å². The van der Waals surface area contributed by atoms with Gasteiger partial charge >= 0.3 is 0 Å². The predicted octanol–water partition coefficient (Wildman–Crippen LogP) is 6.93. The lowest BCUT2D eigenvalue weighted by molar-refractivity contribution is 0.103. The second kappa shape index (κ2) is 7.74. The van der Waals surface area contributed by atoms with Gasteiger partial charge in [0.25, 0.3) is 0 Å². The molecule has 4 rings (SSSR count). The van der Waals surface area contributed by atoms with Gasteiger partial charge in [-0.3, -0.25) is 4.79 Å². The highest BCUT2D eigenvalue weighted by atomic mass is 79.9. The highest BCUT2D eigenvalue weighted by Gasteiger charge is 2.15. The van der Waals surface area contributed by atoms with Crippen molar-refractivity contribution < 1.29 is 4.79 Å². The van der Waals surface area contributed by atoms with Crippen molar-refractivity contribution in [2.45, 2.75) is 6.92 Å². The zero-order valence-corrected chi connectivity index (χ0v) is 17.4. The molecule has 1 N–H and O–H groups in total. The van der Waals surface area contributed by atoms with Gasteiger partial charge in [0.15, 0.2) is 5.78 Å². The third kappa shape index (κ3) is 3.53. The summed E-state index contributed by atoms with van der Waals surface area (Å²) in [5.41, 5.74) is 2.84. The molecule has 0 radical (unpaired) electrons. The highest BCUT2D eigenvalue weighted by Crippen LogP contribution is 2.31. The average molecular weight is 452 g/mol. The lowest BCUT2D eigenvalue weighted by Crippen LogP contribution is -2.05. The first-order valence-electron chi connectivity index (χ1n) is 8.75. The van der Waals surface area contributed by atoms with Gasteiger partial charge in [-0.15, -0.1) is 0 Å². The zero-order valence-electron chi connectivity index (χ0n) is 15.0. The summed E-state index contributed by atoms with van der Waals surface area (Å²) in [7, 11) is 0. The van der Waals surface area contributed by atoms with Crippen molar-refractivity contribution in [3.63, 3.8) is 0 Å². The summed E-state index contributed by atoms with van der Waals surface area (Å²) >= 11 is 9.98. The van der Waals surface area contributed by atoms with E-state index >= 15 is 0 Å². The smallest absolute Gasteiger partial charge is 0.194 e. The summed E-state index contributed by atoms with van der Waals surface area (Å²) in [5, 5.41) is 5.77. The summed E-state index contributed by atoms with van der Waals surface area (Å²) in [6, 6.07) is 20.8. The minimum absolute atomic E-state index is 0.0816. The monoisotopic (exact) mass is 450 g/mol. The number of fused-ring (bicyclic) bond motifs is 1. The average Bonchev–Trinajstić information content (AvgIpc) is 2.70. The maximum Gasteiger partial charge on any atom is 0.194 e. The van der Waals surface area contributed by atoms with Crippen LogP contribution in [-0.2, 0) is 0 Å². The van der Waals surface area contributed by atoms with Crippen LogP contribution in [0.3, 0.4) is 0 Å². The molecular formula is C23H16BrClN2O. The van der Waals surface area contributed by atoms with Crippen LogP contribution >= 0.6 is 27.5 Å². The van der Waals surface area contributed by atoms with Crippen LogP contribution in [0.5, 0.6) is 0 Å². The normalized spacial score (nSPS) is 10.8. The molecule has 5 heteroatoms. The molecule has 0 fully saturated rings. The third-order valence-corrected chi connectivity index (χ3v) is 5.56. The largest absolute Gasteiger partial charge is 0.340 e. The fraction of sp³-hybridized carbons (Fsp3) is 0.0435. The van der Waals surface area contributed by atoms with Crippen molar-refractivity contribution in [2.75, 3.05) is 5.32 Å². The van der Waals surface area contributed by atoms with Gasteiger partial charge in [-0.25, -0.2) is 4.98 Å². The van der Waals surface area contributed by atoms with E-state index in [1.807, 2.05) is 61.5 Å². The molecule has 3 nitrogen and oxygen atoms in total. The molecule has 28 heavy (non-hydrogen) atoms. The number of pyridine rings is 1. The molecule has 0 aliphatic heterocycles. The SMILES string of the molecule is Cc1ccccc1C(=O)c1ccc(Nc2ncc(Br)c3ccccc23)cc1Cl. The van der Waals surface area contributed by atoms with E-state index < -0.39 is 0 Å². The molecule has 1 aromatic heterocycles. The van der Waals surface area contributed by atoms with E-state index in [0.29, 0.717) is 16.1 Å². The van der Waals surface area contributed by atoms with E-state index in [1.54, 1.807) is 18.3 Å². The van der Waals surface area contributed by atoms with Crippen LogP contribution in [0.2, 0.25) is 5.02 Å². The molecule has 1 heterocycles. The Kier molecular flexibility index (Phi) is 5.16. The Balaban J connectivity index is 1.67. The van der Waals surface area contributed by atoms with Gasteiger partial charge in [-0.05, 0) is 46.6 Å². The van der Waals surface area contributed by atoms with Crippen molar-refractivity contribution in [3.8, 4) is 0 Å². The summed E-state index contributed by atoms with van der Waals surface area (Å²) in [6.45, 7) is 1.92. The number of rotatable bonds is 4. The lowest BCUT2D eigenvalue weighted by atomic mass is 9.99. The maximum absolute atomic E-state index is 12.8. The van der Waals surface area contributed by atoms with Gasteiger partial charge in [0, 0.05) is 38.3 Å². The van der Waals surface area contributed by atoms with Crippen LogP contribution < -0.4 is 5.32 Å². The van der Waals surface area contributed by atoms with E-state index in [2.05, 4.69) is 26.2 Å². The Hall–Kier alpha value is -2.69. The Morgan fingerprint density at radius 3 is 2.43 bits per heavy atom. The van der Waals surface area contributed by atoms with E-state index in [0.717, 1.165) is 32.3 Å². The van der Waals surface area contributed by atoms with E-state index in [4.69, 9.17) is 11.6 Å². The molecule has 0 aliphatic rings. The number of nitrogens with one attached hydrogen (secondary N) is 1. The molecule has 0 amide bonds. The first-order chi connectivity index (χ1) is 13.5. The Labute approximate surface area is 176 Å². The summed E-state index contributed by atoms with van der Waals surface area (Å²) in [6.07, 6.45) is 1.77. The van der Waals surface area contributed by atoms with Gasteiger partial charge in [-0.2, -0.15) is 0 Å². The number of anilines is 2. The van der Waals surface area contributed by atoms with Crippen molar-refractivity contribution in [3.05, 3.63) is 99.1 Å². The van der Waals surface area contributed by atoms with E-state index in [1.165, 1.54) is 0 Å². The number of carbonyl (C=O) groups is 1. The number of aryl methyl sites for hydroxylation is 1. The molecule has 0 saturated heterocycles. The molecule has 0 spiro atoms. The van der Waals surface area contributed by atoms with Crippen LogP contribution in [0.15, 0.2) is 77.4 Å². The summed E-state index contributed by atoms with van der Waals surface area (Å²) in [5.74, 6) is 0.648. The molecular weight excluding hydrogens is 436 g/mol. The van der Waals surface area contributed by atoms with Crippen molar-refractivity contribution in [1.29, 1.82) is 0 Å².